The lowest BCUT2D eigenvalue weighted by atomic mass is 9.95. The zero-order valence-corrected chi connectivity index (χ0v) is 12.4. The molecule has 3 aromatic rings. The number of hydrogen-bond acceptors (Lipinski definition) is 1. The first-order valence-electron chi connectivity index (χ1n) is 7.18. The molecule has 0 aliphatic rings. The van der Waals surface area contributed by atoms with E-state index in [0.29, 0.717) is 0 Å². The zero-order chi connectivity index (χ0) is 14.8. The van der Waals surface area contributed by atoms with Gasteiger partial charge in [-0.25, -0.2) is 0 Å². The third-order valence-electron chi connectivity index (χ3n) is 3.83. The molecule has 0 fully saturated rings. The van der Waals surface area contributed by atoms with Crippen molar-refractivity contribution in [3.8, 4) is 22.3 Å². The van der Waals surface area contributed by atoms with Crippen molar-refractivity contribution in [2.45, 2.75) is 13.8 Å². The van der Waals surface area contributed by atoms with E-state index in [1.807, 2.05) is 0 Å². The Bertz CT molecular complexity index is 689. The highest BCUT2D eigenvalue weighted by Gasteiger charge is 2.08. The molecule has 0 amide bonds. The van der Waals surface area contributed by atoms with E-state index in [-0.39, 0.29) is 0 Å². The van der Waals surface area contributed by atoms with Crippen molar-refractivity contribution in [2.24, 2.45) is 0 Å². The van der Waals surface area contributed by atoms with Crippen molar-refractivity contribution in [2.75, 3.05) is 5.73 Å². The van der Waals surface area contributed by atoms with Gasteiger partial charge in [0.25, 0.3) is 0 Å². The molecule has 0 saturated carbocycles. The van der Waals surface area contributed by atoms with Gasteiger partial charge in [0, 0.05) is 16.8 Å². The SMILES string of the molecule is Cc1ccc(-c2cccc(-c3ccc(C)cc3)c2N)cc1. The van der Waals surface area contributed by atoms with E-state index in [1.165, 1.54) is 11.1 Å². The molecular formula is C20H19N. The summed E-state index contributed by atoms with van der Waals surface area (Å²) in [6.45, 7) is 4.19. The van der Waals surface area contributed by atoms with Gasteiger partial charge in [-0.15, -0.1) is 0 Å². The minimum Gasteiger partial charge on any atom is -0.398 e. The summed E-state index contributed by atoms with van der Waals surface area (Å²) in [5, 5.41) is 0. The number of nitrogens with two attached hydrogens (primary N) is 1. The van der Waals surface area contributed by atoms with Gasteiger partial charge >= 0.3 is 0 Å². The highest BCUT2D eigenvalue weighted by molar-refractivity contribution is 5.88. The molecule has 0 spiro atoms. The lowest BCUT2D eigenvalue weighted by Gasteiger charge is -2.12. The monoisotopic (exact) mass is 273 g/mol. The third-order valence-corrected chi connectivity index (χ3v) is 3.83. The highest BCUT2D eigenvalue weighted by atomic mass is 14.6. The molecule has 2 N–H and O–H groups in total. The number of rotatable bonds is 2. The van der Waals surface area contributed by atoms with Crippen LogP contribution in [0.15, 0.2) is 66.7 Å². The van der Waals surface area contributed by atoms with Crippen LogP contribution < -0.4 is 5.73 Å². The van der Waals surface area contributed by atoms with Crippen LogP contribution in [0.1, 0.15) is 11.1 Å². The van der Waals surface area contributed by atoms with E-state index in [9.17, 15) is 0 Å². The summed E-state index contributed by atoms with van der Waals surface area (Å²) in [4.78, 5) is 0. The maximum absolute atomic E-state index is 6.42. The molecule has 0 unspecified atom stereocenters. The van der Waals surface area contributed by atoms with Crippen LogP contribution in [-0.2, 0) is 0 Å². The molecule has 0 bridgehead atoms. The summed E-state index contributed by atoms with van der Waals surface area (Å²) in [5.74, 6) is 0. The lowest BCUT2D eigenvalue weighted by Crippen LogP contribution is -1.94. The normalized spacial score (nSPS) is 10.6. The topological polar surface area (TPSA) is 26.0 Å². The maximum atomic E-state index is 6.42. The Labute approximate surface area is 126 Å². The molecule has 0 saturated heterocycles. The van der Waals surface area contributed by atoms with Crippen molar-refractivity contribution in [1.82, 2.24) is 0 Å². The molecule has 21 heavy (non-hydrogen) atoms. The summed E-state index contributed by atoms with van der Waals surface area (Å²) in [6.07, 6.45) is 0. The standard InChI is InChI=1S/C20H19N/c1-14-6-10-16(11-7-14)18-4-3-5-19(20(18)21)17-12-8-15(2)9-13-17/h3-13H,21H2,1-2H3. The molecule has 1 heteroatoms. The number of aryl methyl sites for hydroxylation is 2. The number of benzene rings is 3. The quantitative estimate of drug-likeness (QED) is 0.636. The fraction of sp³-hybridized carbons (Fsp3) is 0.100. The number of nitrogen functional groups attached to an aromatic ring is 1. The summed E-state index contributed by atoms with van der Waals surface area (Å²) < 4.78 is 0. The van der Waals surface area contributed by atoms with Crippen LogP contribution in [0, 0.1) is 13.8 Å². The van der Waals surface area contributed by atoms with E-state index < -0.39 is 0 Å². The van der Waals surface area contributed by atoms with Crippen LogP contribution in [0.2, 0.25) is 0 Å². The van der Waals surface area contributed by atoms with Gasteiger partial charge in [-0.2, -0.15) is 0 Å². The van der Waals surface area contributed by atoms with Gasteiger partial charge in [-0.3, -0.25) is 0 Å². The second kappa shape index (κ2) is 5.45. The third kappa shape index (κ3) is 2.68. The lowest BCUT2D eigenvalue weighted by molar-refractivity contribution is 1.46. The molecule has 104 valence electrons. The molecule has 3 rings (SSSR count). The van der Waals surface area contributed by atoms with Crippen LogP contribution in [-0.4, -0.2) is 0 Å². The molecular weight excluding hydrogens is 254 g/mol. The van der Waals surface area contributed by atoms with E-state index in [1.54, 1.807) is 0 Å². The Balaban J connectivity index is 2.10. The van der Waals surface area contributed by atoms with Crippen molar-refractivity contribution >= 4 is 5.69 Å². The van der Waals surface area contributed by atoms with Crippen molar-refractivity contribution in [3.63, 3.8) is 0 Å². The van der Waals surface area contributed by atoms with Gasteiger partial charge in [0.15, 0.2) is 0 Å². The van der Waals surface area contributed by atoms with Crippen LogP contribution >= 0.6 is 0 Å². The van der Waals surface area contributed by atoms with Crippen molar-refractivity contribution < 1.29 is 0 Å². The number of anilines is 1. The maximum Gasteiger partial charge on any atom is 0.0473 e. The average Bonchev–Trinajstić information content (AvgIpc) is 2.50. The molecule has 0 atom stereocenters. The summed E-state index contributed by atoms with van der Waals surface area (Å²) in [6, 6.07) is 23.2. The highest BCUT2D eigenvalue weighted by Crippen LogP contribution is 2.34. The van der Waals surface area contributed by atoms with Crippen LogP contribution in [0.3, 0.4) is 0 Å². The molecule has 3 aromatic carbocycles. The van der Waals surface area contributed by atoms with Crippen LogP contribution in [0.25, 0.3) is 22.3 Å². The molecule has 0 aliphatic carbocycles. The Morgan fingerprint density at radius 3 is 1.33 bits per heavy atom. The van der Waals surface area contributed by atoms with Gasteiger partial charge < -0.3 is 5.73 Å². The van der Waals surface area contributed by atoms with Gasteiger partial charge in [0.2, 0.25) is 0 Å². The minimum absolute atomic E-state index is 0.838. The summed E-state index contributed by atoms with van der Waals surface area (Å²) in [7, 11) is 0. The minimum atomic E-state index is 0.838. The second-order valence-corrected chi connectivity index (χ2v) is 5.50. The summed E-state index contributed by atoms with van der Waals surface area (Å²) >= 11 is 0. The van der Waals surface area contributed by atoms with Gasteiger partial charge in [0.05, 0.1) is 0 Å². The van der Waals surface area contributed by atoms with Crippen molar-refractivity contribution in [1.29, 1.82) is 0 Å². The molecule has 0 aromatic heterocycles. The van der Waals surface area contributed by atoms with Gasteiger partial charge in [0.1, 0.15) is 0 Å². The van der Waals surface area contributed by atoms with Crippen molar-refractivity contribution in [3.05, 3.63) is 77.9 Å². The Hall–Kier alpha value is -2.54. The van der Waals surface area contributed by atoms with Crippen LogP contribution in [0.4, 0.5) is 5.69 Å². The molecule has 0 heterocycles. The van der Waals surface area contributed by atoms with Gasteiger partial charge in [-0.05, 0) is 25.0 Å². The van der Waals surface area contributed by atoms with E-state index in [0.717, 1.165) is 27.9 Å². The fourth-order valence-corrected chi connectivity index (χ4v) is 2.53. The van der Waals surface area contributed by atoms with E-state index in [4.69, 9.17) is 5.73 Å². The predicted molar refractivity (Wildman–Crippen MR) is 91.2 cm³/mol. The average molecular weight is 273 g/mol. The van der Waals surface area contributed by atoms with E-state index in [2.05, 4.69) is 80.6 Å². The Morgan fingerprint density at radius 1 is 0.571 bits per heavy atom. The molecule has 0 aliphatic heterocycles. The zero-order valence-electron chi connectivity index (χ0n) is 12.4. The first-order valence-corrected chi connectivity index (χ1v) is 7.18. The Morgan fingerprint density at radius 2 is 0.952 bits per heavy atom. The molecule has 0 radical (unpaired) electrons. The Kier molecular flexibility index (Phi) is 3.49. The first-order chi connectivity index (χ1) is 10.1. The summed E-state index contributed by atoms with van der Waals surface area (Å²) in [5.41, 5.74) is 14.3. The first kappa shape index (κ1) is 13.4. The number of para-hydroxylation sites is 1. The fourth-order valence-electron chi connectivity index (χ4n) is 2.53. The number of hydrogen-bond donors (Lipinski definition) is 1. The second-order valence-electron chi connectivity index (χ2n) is 5.50. The van der Waals surface area contributed by atoms with E-state index >= 15 is 0 Å². The largest absolute Gasteiger partial charge is 0.398 e. The van der Waals surface area contributed by atoms with Crippen LogP contribution in [0.5, 0.6) is 0 Å². The van der Waals surface area contributed by atoms with Gasteiger partial charge in [-0.1, -0.05) is 77.9 Å². The predicted octanol–water partition coefficient (Wildman–Crippen LogP) is 5.22. The molecule has 1 nitrogen and oxygen atoms in total. The smallest absolute Gasteiger partial charge is 0.0473 e.